The Labute approximate surface area is 196 Å². The van der Waals surface area contributed by atoms with Crippen LogP contribution in [0.5, 0.6) is 0 Å². The van der Waals surface area contributed by atoms with Crippen molar-refractivity contribution in [1.82, 2.24) is 14.5 Å². The topological polar surface area (TPSA) is 59.6 Å². The van der Waals surface area contributed by atoms with Crippen molar-refractivity contribution in [2.75, 3.05) is 32.4 Å². The largest absolute Gasteiger partial charge is 0.342 e. The van der Waals surface area contributed by atoms with Crippen molar-refractivity contribution < 1.29 is 9.69 Å². The molecule has 2 aliphatic rings. The fourth-order valence-electron chi connectivity index (χ4n) is 4.62. The zero-order valence-corrected chi connectivity index (χ0v) is 20.2. The molecule has 2 aromatic heterocycles. The van der Waals surface area contributed by atoms with E-state index in [-0.39, 0.29) is 11.5 Å². The van der Waals surface area contributed by atoms with Crippen LogP contribution in [0.1, 0.15) is 30.2 Å². The number of aromatic nitrogens is 2. The number of hydrogen-bond donors (Lipinski definition) is 1. The van der Waals surface area contributed by atoms with Gasteiger partial charge in [-0.3, -0.25) is 14.2 Å². The normalized spacial score (nSPS) is 19.3. The van der Waals surface area contributed by atoms with Gasteiger partial charge in [-0.25, -0.2) is 4.98 Å². The molecule has 2 aliphatic heterocycles. The monoisotopic (exact) mass is 469 g/mol. The van der Waals surface area contributed by atoms with E-state index >= 15 is 0 Å². The summed E-state index contributed by atoms with van der Waals surface area (Å²) in [5.41, 5.74) is 1.96. The molecule has 4 heterocycles. The summed E-state index contributed by atoms with van der Waals surface area (Å²) in [6.45, 7) is 5.87. The van der Waals surface area contributed by atoms with Gasteiger partial charge in [-0.2, -0.15) is 0 Å². The van der Waals surface area contributed by atoms with Crippen LogP contribution in [0.4, 0.5) is 0 Å². The number of amides is 1. The molecule has 1 unspecified atom stereocenters. The van der Waals surface area contributed by atoms with E-state index in [0.717, 1.165) is 61.3 Å². The van der Waals surface area contributed by atoms with Gasteiger partial charge in [-0.05, 0) is 36.5 Å². The predicted octanol–water partition coefficient (Wildman–Crippen LogP) is 2.37. The number of nitrogens with one attached hydrogen (secondary N) is 1. The molecule has 1 atom stereocenters. The van der Waals surface area contributed by atoms with Crippen LogP contribution in [0.2, 0.25) is 0 Å². The van der Waals surface area contributed by atoms with Crippen LogP contribution in [0.25, 0.3) is 15.9 Å². The second-order valence-corrected chi connectivity index (χ2v) is 11.1. The van der Waals surface area contributed by atoms with Crippen molar-refractivity contribution in [3.63, 3.8) is 0 Å². The third-order valence-electron chi connectivity index (χ3n) is 6.62. The van der Waals surface area contributed by atoms with E-state index in [1.54, 1.807) is 15.9 Å². The van der Waals surface area contributed by atoms with Crippen LogP contribution in [-0.4, -0.2) is 52.8 Å². The number of thiophene rings is 1. The lowest BCUT2D eigenvalue weighted by atomic mass is 9.99. The minimum absolute atomic E-state index is 0.0139. The number of piperidine rings is 1. The summed E-state index contributed by atoms with van der Waals surface area (Å²) in [6.07, 6.45) is 3.03. The minimum Gasteiger partial charge on any atom is -0.342 e. The molecule has 1 N–H and O–H groups in total. The van der Waals surface area contributed by atoms with Crippen LogP contribution >= 0.6 is 23.1 Å². The van der Waals surface area contributed by atoms with Gasteiger partial charge < -0.3 is 9.80 Å². The van der Waals surface area contributed by atoms with Crippen LogP contribution < -0.4 is 10.5 Å². The number of likely N-dealkylation sites (N-methyl/N-ethyl adjacent to an activating group) is 1. The Bertz CT molecular complexity index is 1200. The molecule has 1 amide bonds. The number of para-hydroxylation sites is 1. The fraction of sp³-hybridized carbons (Fsp3) is 0.458. The number of quaternary nitrogens is 1. The molecule has 1 aromatic carbocycles. The highest BCUT2D eigenvalue weighted by molar-refractivity contribution is 7.99. The van der Waals surface area contributed by atoms with Gasteiger partial charge in [0.05, 0.1) is 35.3 Å². The van der Waals surface area contributed by atoms with Crippen molar-refractivity contribution in [1.29, 1.82) is 0 Å². The lowest BCUT2D eigenvalue weighted by molar-refractivity contribution is -0.895. The highest BCUT2D eigenvalue weighted by Crippen LogP contribution is 2.32. The number of carbonyl (C=O) groups excluding carboxylic acids is 1. The average Bonchev–Trinajstić information content (AvgIpc) is 3.16. The molecule has 168 valence electrons. The van der Waals surface area contributed by atoms with E-state index in [1.807, 2.05) is 35.2 Å². The lowest BCUT2D eigenvalue weighted by Gasteiger charge is -2.30. The Morgan fingerprint density at radius 2 is 2.00 bits per heavy atom. The molecule has 0 spiro atoms. The standard InChI is InChI=1S/C24H28N4O2S2/c1-16-8-12-27(13-9-16)20(29)15-31-24-25-22-21(18-10-11-26(2)14-19(18)32-22)23(30)28(24)17-6-4-3-5-7-17/h3-7,16H,8-15H2,1-2H3/p+1. The van der Waals surface area contributed by atoms with Gasteiger partial charge in [-0.15, -0.1) is 11.3 Å². The van der Waals surface area contributed by atoms with E-state index in [4.69, 9.17) is 4.98 Å². The van der Waals surface area contributed by atoms with Gasteiger partial charge in [0.15, 0.2) is 5.16 Å². The molecule has 6 nitrogen and oxygen atoms in total. The third kappa shape index (κ3) is 4.11. The molecule has 0 bridgehead atoms. The van der Waals surface area contributed by atoms with Gasteiger partial charge in [0, 0.05) is 19.5 Å². The zero-order chi connectivity index (χ0) is 22.2. The van der Waals surface area contributed by atoms with E-state index in [9.17, 15) is 9.59 Å². The molecule has 5 rings (SSSR count). The molecule has 1 saturated heterocycles. The van der Waals surface area contributed by atoms with Gasteiger partial charge in [0.25, 0.3) is 5.56 Å². The van der Waals surface area contributed by atoms with Crippen LogP contribution in [0.15, 0.2) is 40.3 Å². The number of nitrogens with zero attached hydrogens (tertiary/aromatic N) is 3. The van der Waals surface area contributed by atoms with Crippen molar-refractivity contribution in [2.24, 2.45) is 5.92 Å². The molecule has 8 heteroatoms. The summed E-state index contributed by atoms with van der Waals surface area (Å²) < 4.78 is 1.71. The average molecular weight is 470 g/mol. The highest BCUT2D eigenvalue weighted by Gasteiger charge is 2.27. The summed E-state index contributed by atoms with van der Waals surface area (Å²) in [4.78, 5) is 37.1. The van der Waals surface area contributed by atoms with Crippen molar-refractivity contribution in [3.8, 4) is 5.69 Å². The molecule has 0 aliphatic carbocycles. The first-order valence-corrected chi connectivity index (χ1v) is 13.2. The van der Waals surface area contributed by atoms with Gasteiger partial charge in [0.1, 0.15) is 11.4 Å². The molecule has 0 radical (unpaired) electrons. The first-order chi connectivity index (χ1) is 15.5. The fourth-order valence-corrected chi connectivity index (χ4v) is 6.91. The van der Waals surface area contributed by atoms with E-state index < -0.39 is 0 Å². The van der Waals surface area contributed by atoms with Crippen LogP contribution in [-0.2, 0) is 17.8 Å². The minimum atomic E-state index is -0.0139. The Hall–Kier alpha value is -2.16. The molecule has 0 saturated carbocycles. The summed E-state index contributed by atoms with van der Waals surface area (Å²) in [5.74, 6) is 1.12. The first-order valence-electron chi connectivity index (χ1n) is 11.4. The number of carbonyl (C=O) groups is 1. The number of rotatable bonds is 4. The van der Waals surface area contributed by atoms with Crippen molar-refractivity contribution in [3.05, 3.63) is 51.1 Å². The summed E-state index contributed by atoms with van der Waals surface area (Å²) in [7, 11) is 2.19. The Kier molecular flexibility index (Phi) is 6.09. The number of benzene rings is 1. The Balaban J connectivity index is 1.52. The van der Waals surface area contributed by atoms with Crippen molar-refractivity contribution >= 4 is 39.2 Å². The second kappa shape index (κ2) is 9.00. The summed E-state index contributed by atoms with van der Waals surface area (Å²) in [5, 5.41) is 1.37. The van der Waals surface area contributed by atoms with Crippen LogP contribution in [0.3, 0.4) is 0 Å². The SMILES string of the molecule is CC1CCN(C(=O)CSc2nc3sc4c(c3c(=O)n2-c2ccccc2)CC[NH+](C)C4)CC1. The van der Waals surface area contributed by atoms with E-state index in [1.165, 1.54) is 27.1 Å². The zero-order valence-electron chi connectivity index (χ0n) is 18.6. The van der Waals surface area contributed by atoms with Gasteiger partial charge >= 0.3 is 0 Å². The smallest absolute Gasteiger partial charge is 0.267 e. The van der Waals surface area contributed by atoms with Crippen LogP contribution in [0, 0.1) is 5.92 Å². The summed E-state index contributed by atoms with van der Waals surface area (Å²) >= 11 is 3.03. The molecule has 32 heavy (non-hydrogen) atoms. The maximum absolute atomic E-state index is 13.8. The molecule has 3 aromatic rings. The van der Waals surface area contributed by atoms with Gasteiger partial charge in [0.2, 0.25) is 5.91 Å². The van der Waals surface area contributed by atoms with Crippen molar-refractivity contribution in [2.45, 2.75) is 37.9 Å². The Morgan fingerprint density at radius 3 is 2.75 bits per heavy atom. The maximum atomic E-state index is 13.8. The quantitative estimate of drug-likeness (QED) is 0.471. The summed E-state index contributed by atoms with van der Waals surface area (Å²) in [6, 6.07) is 9.68. The maximum Gasteiger partial charge on any atom is 0.267 e. The Morgan fingerprint density at radius 1 is 1.25 bits per heavy atom. The second-order valence-electron chi connectivity index (χ2n) is 9.04. The van der Waals surface area contributed by atoms with Gasteiger partial charge in [-0.1, -0.05) is 36.9 Å². The molecular weight excluding hydrogens is 440 g/mol. The first kappa shape index (κ1) is 21.7. The highest BCUT2D eigenvalue weighted by atomic mass is 32.2. The number of thioether (sulfide) groups is 1. The number of hydrogen-bond acceptors (Lipinski definition) is 5. The molecule has 1 fully saturated rings. The van der Waals surface area contributed by atoms with E-state index in [0.29, 0.717) is 16.8 Å². The number of fused-ring (bicyclic) bond motifs is 3. The third-order valence-corrected chi connectivity index (χ3v) is 8.67. The van der Waals surface area contributed by atoms with E-state index in [2.05, 4.69) is 14.0 Å². The predicted molar refractivity (Wildman–Crippen MR) is 130 cm³/mol. The molecular formula is C24H29N4O2S2+. The number of likely N-dealkylation sites (tertiary alicyclic amines) is 1. The lowest BCUT2D eigenvalue weighted by Crippen LogP contribution is -3.08.